The molecule has 4 rings (SSSR count). The van der Waals surface area contributed by atoms with Crippen LogP contribution in [0.3, 0.4) is 0 Å². The van der Waals surface area contributed by atoms with Crippen molar-refractivity contribution in [3.05, 3.63) is 71.9 Å². The lowest BCUT2D eigenvalue weighted by Gasteiger charge is -2.37. The fraction of sp³-hybridized carbons (Fsp3) is 0.348. The number of hydrogen-bond acceptors (Lipinski definition) is 3. The van der Waals surface area contributed by atoms with Crippen LogP contribution in [0.5, 0.6) is 0 Å². The van der Waals surface area contributed by atoms with E-state index in [9.17, 15) is 0 Å². The second kappa shape index (κ2) is 7.46. The van der Waals surface area contributed by atoms with Crippen LogP contribution in [0.2, 0.25) is 0 Å². The summed E-state index contributed by atoms with van der Waals surface area (Å²) < 4.78 is 0. The minimum Gasteiger partial charge on any atom is -0.369 e. The summed E-state index contributed by atoms with van der Waals surface area (Å²) in [5, 5.41) is 1.22. The van der Waals surface area contributed by atoms with Crippen LogP contribution in [0.1, 0.15) is 24.1 Å². The SMILES string of the molecule is Cc1cccc(N2CCN(CC(C)c3ccc4ccccc4n3)CC2)c1. The Bertz CT molecular complexity index is 881. The van der Waals surface area contributed by atoms with E-state index >= 15 is 0 Å². The van der Waals surface area contributed by atoms with Gasteiger partial charge in [0.25, 0.3) is 0 Å². The van der Waals surface area contributed by atoms with Crippen LogP contribution in [0.15, 0.2) is 60.7 Å². The summed E-state index contributed by atoms with van der Waals surface area (Å²) in [7, 11) is 0. The van der Waals surface area contributed by atoms with Gasteiger partial charge in [0.05, 0.1) is 5.52 Å². The predicted octanol–water partition coefficient (Wildman–Crippen LogP) is 4.47. The molecule has 3 heteroatoms. The first-order chi connectivity index (χ1) is 12.7. The van der Waals surface area contributed by atoms with Crippen molar-refractivity contribution in [2.24, 2.45) is 0 Å². The Balaban J connectivity index is 1.37. The van der Waals surface area contributed by atoms with Crippen LogP contribution in [-0.2, 0) is 0 Å². The number of rotatable bonds is 4. The number of hydrogen-bond donors (Lipinski definition) is 0. The zero-order valence-electron chi connectivity index (χ0n) is 15.7. The molecule has 0 N–H and O–H groups in total. The van der Waals surface area contributed by atoms with Gasteiger partial charge in [-0.05, 0) is 36.8 Å². The molecule has 0 radical (unpaired) electrons. The monoisotopic (exact) mass is 345 g/mol. The molecule has 3 nitrogen and oxygen atoms in total. The number of pyridine rings is 1. The second-order valence-electron chi connectivity index (χ2n) is 7.46. The van der Waals surface area contributed by atoms with Crippen LogP contribution in [0, 0.1) is 6.92 Å². The molecule has 1 aliphatic heterocycles. The summed E-state index contributed by atoms with van der Waals surface area (Å²) in [6, 6.07) is 21.6. The van der Waals surface area contributed by atoms with Crippen LogP contribution in [-0.4, -0.2) is 42.6 Å². The molecule has 0 spiro atoms. The molecule has 1 aliphatic rings. The summed E-state index contributed by atoms with van der Waals surface area (Å²) in [5.41, 5.74) is 4.99. The van der Waals surface area contributed by atoms with Gasteiger partial charge in [0.15, 0.2) is 0 Å². The standard InChI is InChI=1S/C23H27N3/c1-18-6-5-8-21(16-18)26-14-12-25(13-15-26)17-19(2)22-11-10-20-7-3-4-9-23(20)24-22/h3-11,16,19H,12-15,17H2,1-2H3. The molecule has 0 bridgehead atoms. The molecule has 1 fully saturated rings. The zero-order chi connectivity index (χ0) is 17.9. The maximum Gasteiger partial charge on any atom is 0.0705 e. The van der Waals surface area contributed by atoms with Crippen molar-refractivity contribution in [3.8, 4) is 0 Å². The van der Waals surface area contributed by atoms with Crippen molar-refractivity contribution in [2.45, 2.75) is 19.8 Å². The Kier molecular flexibility index (Phi) is 4.89. The third kappa shape index (κ3) is 3.73. The van der Waals surface area contributed by atoms with Crippen LogP contribution in [0.4, 0.5) is 5.69 Å². The van der Waals surface area contributed by atoms with Crippen LogP contribution >= 0.6 is 0 Å². The van der Waals surface area contributed by atoms with Crippen molar-refractivity contribution in [1.29, 1.82) is 0 Å². The van der Waals surface area contributed by atoms with Crippen molar-refractivity contribution in [2.75, 3.05) is 37.6 Å². The minimum atomic E-state index is 0.449. The van der Waals surface area contributed by atoms with Gasteiger partial charge < -0.3 is 4.90 Å². The van der Waals surface area contributed by atoms with E-state index in [1.54, 1.807) is 0 Å². The van der Waals surface area contributed by atoms with Gasteiger partial charge in [0, 0.05) is 55.4 Å². The Hall–Kier alpha value is -2.39. The number of piperazine rings is 1. The van der Waals surface area contributed by atoms with Gasteiger partial charge in [-0.3, -0.25) is 9.88 Å². The lowest BCUT2D eigenvalue weighted by atomic mass is 10.0. The van der Waals surface area contributed by atoms with E-state index in [2.05, 4.69) is 84.3 Å². The second-order valence-corrected chi connectivity index (χ2v) is 7.46. The predicted molar refractivity (Wildman–Crippen MR) is 110 cm³/mol. The van der Waals surface area contributed by atoms with E-state index in [0.717, 1.165) is 38.2 Å². The molecule has 134 valence electrons. The first-order valence-electron chi connectivity index (χ1n) is 9.59. The number of nitrogens with zero attached hydrogens (tertiary/aromatic N) is 3. The summed E-state index contributed by atoms with van der Waals surface area (Å²) in [4.78, 5) is 9.96. The van der Waals surface area contributed by atoms with Crippen LogP contribution < -0.4 is 4.90 Å². The molecule has 3 aromatic rings. The third-order valence-corrected chi connectivity index (χ3v) is 5.40. The Morgan fingerprint density at radius 2 is 1.73 bits per heavy atom. The molecule has 1 saturated heterocycles. The number of anilines is 1. The molecular formula is C23H27N3. The summed E-state index contributed by atoms with van der Waals surface area (Å²) in [6.45, 7) is 9.97. The van der Waals surface area contributed by atoms with E-state index in [1.807, 2.05) is 0 Å². The highest BCUT2D eigenvalue weighted by atomic mass is 15.3. The molecule has 1 aromatic heterocycles. The van der Waals surface area contributed by atoms with Gasteiger partial charge in [-0.15, -0.1) is 0 Å². The molecule has 1 atom stereocenters. The van der Waals surface area contributed by atoms with E-state index in [-0.39, 0.29) is 0 Å². The maximum absolute atomic E-state index is 4.88. The first-order valence-corrected chi connectivity index (χ1v) is 9.59. The summed E-state index contributed by atoms with van der Waals surface area (Å²) >= 11 is 0. The normalized spacial score (nSPS) is 16.8. The Morgan fingerprint density at radius 1 is 0.923 bits per heavy atom. The highest BCUT2D eigenvalue weighted by Gasteiger charge is 2.20. The minimum absolute atomic E-state index is 0.449. The largest absolute Gasteiger partial charge is 0.369 e. The van der Waals surface area contributed by atoms with Gasteiger partial charge in [0.1, 0.15) is 0 Å². The number of fused-ring (bicyclic) bond motifs is 1. The maximum atomic E-state index is 4.88. The van der Waals surface area contributed by atoms with Gasteiger partial charge in [0.2, 0.25) is 0 Å². The van der Waals surface area contributed by atoms with E-state index in [1.165, 1.54) is 22.3 Å². The molecular weight excluding hydrogens is 318 g/mol. The molecule has 26 heavy (non-hydrogen) atoms. The average molecular weight is 345 g/mol. The lowest BCUT2D eigenvalue weighted by molar-refractivity contribution is 0.245. The molecule has 1 unspecified atom stereocenters. The topological polar surface area (TPSA) is 19.4 Å². The fourth-order valence-corrected chi connectivity index (χ4v) is 3.85. The number of benzene rings is 2. The Labute approximate surface area is 156 Å². The number of aryl methyl sites for hydroxylation is 1. The average Bonchev–Trinajstić information content (AvgIpc) is 2.68. The molecule has 2 heterocycles. The first kappa shape index (κ1) is 17.0. The highest BCUT2D eigenvalue weighted by Crippen LogP contribution is 2.21. The zero-order valence-corrected chi connectivity index (χ0v) is 15.7. The van der Waals surface area contributed by atoms with Crippen molar-refractivity contribution < 1.29 is 0 Å². The van der Waals surface area contributed by atoms with Crippen molar-refractivity contribution in [3.63, 3.8) is 0 Å². The van der Waals surface area contributed by atoms with E-state index in [4.69, 9.17) is 4.98 Å². The molecule has 0 saturated carbocycles. The van der Waals surface area contributed by atoms with Gasteiger partial charge in [-0.1, -0.05) is 43.3 Å². The fourth-order valence-electron chi connectivity index (χ4n) is 3.85. The smallest absolute Gasteiger partial charge is 0.0705 e. The van der Waals surface area contributed by atoms with Crippen molar-refractivity contribution >= 4 is 16.6 Å². The van der Waals surface area contributed by atoms with Crippen molar-refractivity contribution in [1.82, 2.24) is 9.88 Å². The number of para-hydroxylation sites is 1. The van der Waals surface area contributed by atoms with E-state index < -0.39 is 0 Å². The lowest BCUT2D eigenvalue weighted by Crippen LogP contribution is -2.47. The molecule has 0 aliphatic carbocycles. The summed E-state index contributed by atoms with van der Waals surface area (Å²) in [5.74, 6) is 0.449. The highest BCUT2D eigenvalue weighted by molar-refractivity contribution is 5.78. The summed E-state index contributed by atoms with van der Waals surface area (Å²) in [6.07, 6.45) is 0. The van der Waals surface area contributed by atoms with E-state index in [0.29, 0.717) is 5.92 Å². The third-order valence-electron chi connectivity index (χ3n) is 5.40. The quantitative estimate of drug-likeness (QED) is 0.695. The van der Waals surface area contributed by atoms with Gasteiger partial charge >= 0.3 is 0 Å². The molecule has 2 aromatic carbocycles. The van der Waals surface area contributed by atoms with Crippen LogP contribution in [0.25, 0.3) is 10.9 Å². The van der Waals surface area contributed by atoms with Gasteiger partial charge in [-0.25, -0.2) is 0 Å². The Morgan fingerprint density at radius 3 is 2.54 bits per heavy atom. The van der Waals surface area contributed by atoms with Gasteiger partial charge in [-0.2, -0.15) is 0 Å². The molecule has 0 amide bonds. The number of aromatic nitrogens is 1.